The molecule has 0 aromatic carbocycles. The molecule has 1 radical (unpaired) electrons. The molecular formula is CH2O3Y. The van der Waals surface area contributed by atoms with E-state index in [1.165, 1.54) is 0 Å². The van der Waals surface area contributed by atoms with Crippen molar-refractivity contribution in [1.82, 2.24) is 0 Å². The van der Waals surface area contributed by atoms with Crippen molar-refractivity contribution in [2.75, 3.05) is 0 Å². The molecule has 27 valence electrons. The van der Waals surface area contributed by atoms with E-state index in [1.807, 2.05) is 0 Å². The summed E-state index contributed by atoms with van der Waals surface area (Å²) >= 11 is 0. The van der Waals surface area contributed by atoms with E-state index >= 15 is 0 Å². The molecule has 0 aliphatic carbocycles. The molecule has 0 saturated carbocycles. The summed E-state index contributed by atoms with van der Waals surface area (Å²) < 4.78 is 0. The quantitative estimate of drug-likeness (QED) is 0.520. The van der Waals surface area contributed by atoms with Gasteiger partial charge in [0, 0.05) is 32.7 Å². The molecule has 0 amide bonds. The van der Waals surface area contributed by atoms with Crippen LogP contribution in [-0.4, -0.2) is 16.4 Å². The van der Waals surface area contributed by atoms with Crippen molar-refractivity contribution in [3.63, 3.8) is 0 Å². The third-order valence-corrected chi connectivity index (χ3v) is 0. The van der Waals surface area contributed by atoms with Gasteiger partial charge in [-0.1, -0.05) is 0 Å². The fourth-order valence-corrected chi connectivity index (χ4v) is 0. The Bertz CT molecular complexity index is 29.9. The summed E-state index contributed by atoms with van der Waals surface area (Å²) in [5.41, 5.74) is 0. The van der Waals surface area contributed by atoms with Gasteiger partial charge in [0.15, 0.2) is 0 Å². The van der Waals surface area contributed by atoms with Crippen LogP contribution >= 0.6 is 0 Å². The summed E-state index contributed by atoms with van der Waals surface area (Å²) in [4.78, 5) is 8.56. The molecule has 3 nitrogen and oxygen atoms in total. The van der Waals surface area contributed by atoms with Crippen LogP contribution in [0.1, 0.15) is 0 Å². The fraction of sp³-hybridized carbons (Fsp3) is 0. The van der Waals surface area contributed by atoms with Crippen molar-refractivity contribution in [3.8, 4) is 0 Å². The zero-order valence-electron chi connectivity index (χ0n) is 2.38. The van der Waals surface area contributed by atoms with Gasteiger partial charge in [-0.05, 0) is 0 Å². The van der Waals surface area contributed by atoms with E-state index in [0.29, 0.717) is 0 Å². The van der Waals surface area contributed by atoms with Crippen LogP contribution in [0, 0.1) is 0 Å². The molecule has 0 aliphatic heterocycles. The maximum Gasteiger partial charge on any atom is 0.503 e. The SMILES string of the molecule is O=C(O)O.[Y]. The van der Waals surface area contributed by atoms with Gasteiger partial charge in [-0.2, -0.15) is 0 Å². The molecule has 5 heavy (non-hydrogen) atoms. The third-order valence-electron chi connectivity index (χ3n) is 0. The second kappa shape index (κ2) is 4.37. The Hall–Kier alpha value is 0.374. The standard InChI is InChI=1S/CH2O3.Y/c2-1(3)4;/h(H2,2,3,4);. The number of rotatable bonds is 0. The molecule has 0 aromatic rings. The Labute approximate surface area is 53.9 Å². The summed E-state index contributed by atoms with van der Waals surface area (Å²) in [6.07, 6.45) is -1.83. The molecule has 0 atom stereocenters. The summed E-state index contributed by atoms with van der Waals surface area (Å²) in [5.74, 6) is 0. The number of hydrogen-bond donors (Lipinski definition) is 2. The van der Waals surface area contributed by atoms with Gasteiger partial charge >= 0.3 is 6.16 Å². The normalized spacial score (nSPS) is 4.80. The van der Waals surface area contributed by atoms with Gasteiger partial charge in [0.05, 0.1) is 0 Å². The first kappa shape index (κ1) is 9.03. The first-order chi connectivity index (χ1) is 1.73. The van der Waals surface area contributed by atoms with Crippen molar-refractivity contribution in [2.24, 2.45) is 0 Å². The van der Waals surface area contributed by atoms with Gasteiger partial charge in [0.2, 0.25) is 0 Å². The van der Waals surface area contributed by atoms with Crippen molar-refractivity contribution < 1.29 is 47.7 Å². The fourth-order valence-electron chi connectivity index (χ4n) is 0. The van der Waals surface area contributed by atoms with E-state index in [-0.39, 0.29) is 32.7 Å². The Morgan fingerprint density at radius 2 is 1.40 bits per heavy atom. The third kappa shape index (κ3) is 176. The predicted octanol–water partition coefficient (Wildman–Crippen LogP) is 0.220. The Morgan fingerprint density at radius 1 is 1.40 bits per heavy atom. The number of hydrogen-bond acceptors (Lipinski definition) is 1. The van der Waals surface area contributed by atoms with Crippen LogP contribution in [0.4, 0.5) is 4.79 Å². The molecule has 0 bridgehead atoms. The van der Waals surface area contributed by atoms with Crippen molar-refractivity contribution in [1.29, 1.82) is 0 Å². The van der Waals surface area contributed by atoms with Crippen LogP contribution in [0.15, 0.2) is 0 Å². The maximum atomic E-state index is 8.56. The molecule has 4 heteroatoms. The predicted molar refractivity (Wildman–Crippen MR) is 10.7 cm³/mol. The molecule has 0 aromatic heterocycles. The first-order valence-corrected chi connectivity index (χ1v) is 0.651. The van der Waals surface area contributed by atoms with E-state index in [1.54, 1.807) is 0 Å². The van der Waals surface area contributed by atoms with Crippen molar-refractivity contribution in [3.05, 3.63) is 0 Å². The molecular weight excluding hydrogens is 149 g/mol. The number of carbonyl (C=O) groups is 1. The smallest absolute Gasteiger partial charge is 0.450 e. The first-order valence-electron chi connectivity index (χ1n) is 0.651. The topological polar surface area (TPSA) is 57.5 Å². The Balaban J connectivity index is 0. The number of carboxylic acid groups (broad SMARTS) is 2. The molecule has 0 heterocycles. The summed E-state index contributed by atoms with van der Waals surface area (Å²) in [5, 5.41) is 13.9. The average Bonchev–Trinajstić information content (AvgIpc) is 0.811. The van der Waals surface area contributed by atoms with E-state index < -0.39 is 6.16 Å². The van der Waals surface area contributed by atoms with Gasteiger partial charge in [-0.3, -0.25) is 0 Å². The monoisotopic (exact) mass is 151 g/mol. The second-order valence-corrected chi connectivity index (χ2v) is 0.283. The minimum Gasteiger partial charge on any atom is -0.450 e. The summed E-state index contributed by atoms with van der Waals surface area (Å²) in [7, 11) is 0. The molecule has 0 fully saturated rings. The molecule has 0 saturated heterocycles. The van der Waals surface area contributed by atoms with Crippen LogP contribution in [0.25, 0.3) is 0 Å². The van der Waals surface area contributed by atoms with Gasteiger partial charge in [-0.15, -0.1) is 0 Å². The van der Waals surface area contributed by atoms with Crippen LogP contribution in [0.5, 0.6) is 0 Å². The maximum absolute atomic E-state index is 8.56. The van der Waals surface area contributed by atoms with E-state index in [4.69, 9.17) is 15.0 Å². The van der Waals surface area contributed by atoms with Crippen LogP contribution in [-0.2, 0) is 32.7 Å². The zero-order chi connectivity index (χ0) is 3.58. The summed E-state index contributed by atoms with van der Waals surface area (Å²) in [6.45, 7) is 0. The average molecular weight is 151 g/mol. The van der Waals surface area contributed by atoms with Crippen LogP contribution in [0.2, 0.25) is 0 Å². The minimum absolute atomic E-state index is 0. The van der Waals surface area contributed by atoms with Crippen LogP contribution < -0.4 is 0 Å². The molecule has 0 unspecified atom stereocenters. The Kier molecular flexibility index (Phi) is 7.90. The van der Waals surface area contributed by atoms with E-state index in [2.05, 4.69) is 0 Å². The van der Waals surface area contributed by atoms with Crippen LogP contribution in [0.3, 0.4) is 0 Å². The molecule has 0 rings (SSSR count). The zero-order valence-corrected chi connectivity index (χ0v) is 5.22. The minimum atomic E-state index is -1.83. The van der Waals surface area contributed by atoms with Gasteiger partial charge < -0.3 is 10.2 Å². The van der Waals surface area contributed by atoms with Crippen molar-refractivity contribution in [2.45, 2.75) is 0 Å². The molecule has 0 aliphatic rings. The van der Waals surface area contributed by atoms with Gasteiger partial charge in [0.1, 0.15) is 0 Å². The van der Waals surface area contributed by atoms with E-state index in [9.17, 15) is 0 Å². The second-order valence-electron chi connectivity index (χ2n) is 0.283. The molecule has 0 spiro atoms. The molecule has 2 N–H and O–H groups in total. The largest absolute Gasteiger partial charge is 0.503 e. The van der Waals surface area contributed by atoms with Crippen molar-refractivity contribution >= 4 is 6.16 Å². The van der Waals surface area contributed by atoms with Gasteiger partial charge in [0.25, 0.3) is 0 Å². The summed E-state index contributed by atoms with van der Waals surface area (Å²) in [6, 6.07) is 0. The van der Waals surface area contributed by atoms with Gasteiger partial charge in [-0.25, -0.2) is 4.79 Å². The Morgan fingerprint density at radius 3 is 1.40 bits per heavy atom. The van der Waals surface area contributed by atoms with E-state index in [0.717, 1.165) is 0 Å².